The molecule has 9 heteroatoms. The number of benzene rings is 3. The molecular weight excluding hydrogens is 524 g/mol. The van der Waals surface area contributed by atoms with Crippen LogP contribution in [0.1, 0.15) is 11.1 Å². The number of nitrogens with one attached hydrogen (secondary N) is 1. The van der Waals surface area contributed by atoms with Gasteiger partial charge in [-0.15, -0.1) is 0 Å². The van der Waals surface area contributed by atoms with Crippen LogP contribution >= 0.6 is 15.9 Å². The summed E-state index contributed by atoms with van der Waals surface area (Å²) in [5.74, 6) is -0.326. The van der Waals surface area contributed by atoms with Gasteiger partial charge in [0.25, 0.3) is 0 Å². The third-order valence-corrected chi connectivity index (χ3v) is 9.84. The Hall–Kier alpha value is -2.04. The summed E-state index contributed by atoms with van der Waals surface area (Å²) < 4.78 is 54.9. The summed E-state index contributed by atoms with van der Waals surface area (Å²) in [6.45, 7) is 0.540. The van der Waals surface area contributed by atoms with E-state index in [0.717, 1.165) is 15.6 Å². The molecule has 1 saturated heterocycles. The molecule has 0 spiro atoms. The Morgan fingerprint density at radius 2 is 1.42 bits per heavy atom. The topological polar surface area (TPSA) is 83.6 Å². The van der Waals surface area contributed by atoms with E-state index in [0.29, 0.717) is 6.54 Å². The van der Waals surface area contributed by atoms with Crippen LogP contribution in [0.15, 0.2) is 94.3 Å². The number of hydrogen-bond acceptors (Lipinski definition) is 5. The van der Waals surface area contributed by atoms with Crippen LogP contribution in [-0.2, 0) is 33.0 Å². The molecular formula is C24H25BrN2O4S2. The minimum atomic E-state index is -3.96. The molecule has 0 saturated carbocycles. The third kappa shape index (κ3) is 5.91. The van der Waals surface area contributed by atoms with Crippen LogP contribution in [0.5, 0.6) is 0 Å². The van der Waals surface area contributed by atoms with Crippen LogP contribution < -0.4 is 5.32 Å². The van der Waals surface area contributed by atoms with Crippen molar-refractivity contribution in [3.63, 3.8) is 0 Å². The summed E-state index contributed by atoms with van der Waals surface area (Å²) in [7, 11) is -7.37. The van der Waals surface area contributed by atoms with Crippen molar-refractivity contribution in [2.24, 2.45) is 0 Å². The first kappa shape index (κ1) is 24.1. The maximum Gasteiger partial charge on any atom is 0.243 e. The van der Waals surface area contributed by atoms with E-state index in [1.54, 1.807) is 12.1 Å². The van der Waals surface area contributed by atoms with Crippen molar-refractivity contribution in [3.05, 3.63) is 101 Å². The van der Waals surface area contributed by atoms with Gasteiger partial charge in [0.2, 0.25) is 10.0 Å². The van der Waals surface area contributed by atoms with E-state index in [1.165, 1.54) is 16.4 Å². The Labute approximate surface area is 203 Å². The summed E-state index contributed by atoms with van der Waals surface area (Å²) in [6, 6.07) is 24.1. The van der Waals surface area contributed by atoms with Gasteiger partial charge in [-0.3, -0.25) is 0 Å². The molecule has 0 aliphatic carbocycles. The molecule has 1 fully saturated rings. The van der Waals surface area contributed by atoms with Gasteiger partial charge < -0.3 is 5.32 Å². The lowest BCUT2D eigenvalue weighted by Crippen LogP contribution is -2.51. The van der Waals surface area contributed by atoms with E-state index in [9.17, 15) is 16.8 Å². The largest absolute Gasteiger partial charge is 0.307 e. The van der Waals surface area contributed by atoms with Crippen LogP contribution in [0.25, 0.3) is 0 Å². The van der Waals surface area contributed by atoms with Crippen molar-refractivity contribution in [1.82, 2.24) is 9.62 Å². The number of sulfone groups is 1. The average Bonchev–Trinajstić information content (AvgIpc) is 3.11. The molecule has 3 aromatic carbocycles. The fraction of sp³-hybridized carbons (Fsp3) is 0.250. The second kappa shape index (κ2) is 10.1. The number of rotatable bonds is 8. The molecule has 1 aliphatic rings. The van der Waals surface area contributed by atoms with E-state index in [-0.39, 0.29) is 22.9 Å². The lowest BCUT2D eigenvalue weighted by atomic mass is 10.1. The zero-order chi connectivity index (χ0) is 23.5. The molecule has 1 aliphatic heterocycles. The molecule has 0 unspecified atom stereocenters. The second-order valence-electron chi connectivity index (χ2n) is 8.11. The molecule has 0 amide bonds. The van der Waals surface area contributed by atoms with Gasteiger partial charge >= 0.3 is 0 Å². The van der Waals surface area contributed by atoms with Gasteiger partial charge in [-0.2, -0.15) is 4.31 Å². The fourth-order valence-electron chi connectivity index (χ4n) is 4.04. The van der Waals surface area contributed by atoms with Crippen molar-refractivity contribution in [2.75, 3.05) is 11.5 Å². The molecule has 174 valence electrons. The normalized spacial score (nSPS) is 20.2. The highest BCUT2D eigenvalue weighted by atomic mass is 79.9. The minimum absolute atomic E-state index is 0.0863. The van der Waals surface area contributed by atoms with Crippen LogP contribution in [0.3, 0.4) is 0 Å². The Kier molecular flexibility index (Phi) is 7.35. The number of sulfonamides is 1. The van der Waals surface area contributed by atoms with Crippen LogP contribution in [-0.4, -0.2) is 44.7 Å². The summed E-state index contributed by atoms with van der Waals surface area (Å²) in [5, 5.41) is 3.31. The molecule has 3 aromatic rings. The summed E-state index contributed by atoms with van der Waals surface area (Å²) in [4.78, 5) is 0.132. The van der Waals surface area contributed by atoms with Crippen molar-refractivity contribution < 1.29 is 16.8 Å². The van der Waals surface area contributed by atoms with E-state index in [2.05, 4.69) is 21.2 Å². The number of nitrogens with zero attached hydrogens (tertiary/aromatic N) is 1. The summed E-state index contributed by atoms with van der Waals surface area (Å²) >= 11 is 3.34. The Morgan fingerprint density at radius 1 is 0.848 bits per heavy atom. The standard InChI is InChI=1S/C24H25BrN2O4S2/c25-21-11-13-22(14-12-21)33(30,31)27(16-20-9-5-2-6-10-20)24-18-32(28,29)17-23(24)26-15-19-7-3-1-4-8-19/h1-14,23-24,26H,15-18H2/t23-,24-/m1/s1. The zero-order valence-electron chi connectivity index (χ0n) is 17.8. The van der Waals surface area contributed by atoms with E-state index in [4.69, 9.17) is 0 Å². The zero-order valence-corrected chi connectivity index (χ0v) is 21.1. The molecule has 1 N–H and O–H groups in total. The fourth-order valence-corrected chi connectivity index (χ4v) is 8.00. The number of halogens is 1. The quantitative estimate of drug-likeness (QED) is 0.465. The highest BCUT2D eigenvalue weighted by Gasteiger charge is 2.45. The molecule has 0 bridgehead atoms. The Morgan fingerprint density at radius 3 is 2.03 bits per heavy atom. The van der Waals surface area contributed by atoms with Gasteiger partial charge in [-0.25, -0.2) is 16.8 Å². The van der Waals surface area contributed by atoms with Gasteiger partial charge in [0.1, 0.15) is 0 Å². The smallest absolute Gasteiger partial charge is 0.243 e. The van der Waals surface area contributed by atoms with Gasteiger partial charge in [0, 0.05) is 23.6 Å². The maximum absolute atomic E-state index is 13.8. The lowest BCUT2D eigenvalue weighted by Gasteiger charge is -2.32. The SMILES string of the molecule is O=S1(=O)C[C@@H](N(Cc2ccccc2)S(=O)(=O)c2ccc(Br)cc2)[C@H](NCc2ccccc2)C1. The minimum Gasteiger partial charge on any atom is -0.307 e. The van der Waals surface area contributed by atoms with Gasteiger partial charge in [0.05, 0.1) is 22.4 Å². The van der Waals surface area contributed by atoms with Crippen molar-refractivity contribution in [1.29, 1.82) is 0 Å². The third-order valence-electron chi connectivity index (χ3n) is 5.71. The predicted molar refractivity (Wildman–Crippen MR) is 133 cm³/mol. The molecule has 2 atom stereocenters. The molecule has 0 radical (unpaired) electrons. The number of hydrogen-bond donors (Lipinski definition) is 1. The van der Waals surface area contributed by atoms with Crippen molar-refractivity contribution in [2.45, 2.75) is 30.1 Å². The highest BCUT2D eigenvalue weighted by molar-refractivity contribution is 9.10. The highest BCUT2D eigenvalue weighted by Crippen LogP contribution is 2.28. The first-order valence-corrected chi connectivity index (χ1v) is 14.6. The first-order valence-electron chi connectivity index (χ1n) is 10.5. The molecule has 6 nitrogen and oxygen atoms in total. The van der Waals surface area contributed by atoms with Crippen LogP contribution in [0.4, 0.5) is 0 Å². The first-order chi connectivity index (χ1) is 15.7. The van der Waals surface area contributed by atoms with Crippen LogP contribution in [0.2, 0.25) is 0 Å². The van der Waals surface area contributed by atoms with Gasteiger partial charge in [-0.1, -0.05) is 76.6 Å². The molecule has 0 aromatic heterocycles. The Balaban J connectivity index is 1.69. The predicted octanol–water partition coefficient (Wildman–Crippen LogP) is 3.60. The monoisotopic (exact) mass is 548 g/mol. The van der Waals surface area contributed by atoms with Crippen LogP contribution in [0, 0.1) is 0 Å². The van der Waals surface area contributed by atoms with Crippen molar-refractivity contribution >= 4 is 35.8 Å². The lowest BCUT2D eigenvalue weighted by molar-refractivity contribution is 0.286. The molecule has 33 heavy (non-hydrogen) atoms. The average molecular weight is 550 g/mol. The van der Waals surface area contributed by atoms with Gasteiger partial charge in [-0.05, 0) is 35.4 Å². The van der Waals surface area contributed by atoms with E-state index in [1.807, 2.05) is 60.7 Å². The second-order valence-corrected chi connectivity index (χ2v) is 13.1. The van der Waals surface area contributed by atoms with Crippen molar-refractivity contribution in [3.8, 4) is 0 Å². The van der Waals surface area contributed by atoms with E-state index < -0.39 is 31.9 Å². The molecule has 4 rings (SSSR count). The Bertz CT molecular complexity index is 1280. The summed E-state index contributed by atoms with van der Waals surface area (Å²) in [6.07, 6.45) is 0. The van der Waals surface area contributed by atoms with E-state index >= 15 is 0 Å². The molecule has 1 heterocycles. The summed E-state index contributed by atoms with van der Waals surface area (Å²) in [5.41, 5.74) is 1.80. The maximum atomic E-state index is 13.8. The van der Waals surface area contributed by atoms with Gasteiger partial charge in [0.15, 0.2) is 9.84 Å².